The minimum absolute atomic E-state index is 0.0289. The second-order valence-corrected chi connectivity index (χ2v) is 9.69. The van der Waals surface area contributed by atoms with Gasteiger partial charge in [-0.25, -0.2) is 9.37 Å². The van der Waals surface area contributed by atoms with Crippen LogP contribution in [0.15, 0.2) is 24.3 Å². The number of aromatic nitrogens is 1. The number of benzene rings is 1. The molecule has 0 atom stereocenters. The van der Waals surface area contributed by atoms with Crippen LogP contribution in [-0.4, -0.2) is 64.2 Å². The summed E-state index contributed by atoms with van der Waals surface area (Å²) in [5.41, 5.74) is -2.47. The van der Waals surface area contributed by atoms with Crippen LogP contribution >= 0.6 is 11.3 Å². The number of hydrogen-bond donors (Lipinski definition) is 2. The number of nitrogens with one attached hydrogen (secondary N) is 2. The number of halogens is 4. The summed E-state index contributed by atoms with van der Waals surface area (Å²) < 4.78 is 53.9. The molecule has 0 spiro atoms. The van der Waals surface area contributed by atoms with Crippen LogP contribution < -0.4 is 10.6 Å². The van der Waals surface area contributed by atoms with E-state index in [-0.39, 0.29) is 28.0 Å². The van der Waals surface area contributed by atoms with Crippen molar-refractivity contribution in [1.29, 1.82) is 0 Å². The van der Waals surface area contributed by atoms with Crippen LogP contribution in [0.25, 0.3) is 0 Å². The molecule has 0 saturated carbocycles. The number of nitrogens with zero attached hydrogens (tertiary/aromatic N) is 3. The maximum atomic E-state index is 13.6. The fourth-order valence-corrected chi connectivity index (χ4v) is 4.44. The van der Waals surface area contributed by atoms with E-state index < -0.39 is 35.0 Å². The predicted molar refractivity (Wildman–Crippen MR) is 121 cm³/mol. The molecule has 8 nitrogen and oxygen atoms in total. The molecule has 0 unspecified atom stereocenters. The standard InChI is InChI=1S/C22H25F4N5O3S/c1-13(32)31-10-8-30(9-11-31)12-16-17(22(24,25)26)27-20(35-16)28-19(34)21(2,3)29-18(33)14-4-6-15(23)7-5-14/h4-7H,8-12H2,1-3H3,(H,29,33)(H,27,28,34). The second-order valence-electron chi connectivity index (χ2n) is 8.61. The minimum atomic E-state index is -4.72. The lowest BCUT2D eigenvalue weighted by Crippen LogP contribution is -2.52. The molecule has 0 radical (unpaired) electrons. The number of alkyl halides is 3. The Morgan fingerprint density at radius 3 is 2.20 bits per heavy atom. The normalized spacial score (nSPS) is 15.1. The van der Waals surface area contributed by atoms with E-state index >= 15 is 0 Å². The van der Waals surface area contributed by atoms with E-state index in [0.29, 0.717) is 37.5 Å². The van der Waals surface area contributed by atoms with Crippen molar-refractivity contribution in [3.05, 3.63) is 46.2 Å². The number of carbonyl (C=O) groups is 3. The van der Waals surface area contributed by atoms with Gasteiger partial charge in [-0.1, -0.05) is 11.3 Å². The highest BCUT2D eigenvalue weighted by Crippen LogP contribution is 2.37. The minimum Gasteiger partial charge on any atom is -0.340 e. The van der Waals surface area contributed by atoms with Gasteiger partial charge in [0.2, 0.25) is 5.91 Å². The zero-order chi connectivity index (χ0) is 26.0. The molecule has 1 aromatic carbocycles. The Morgan fingerprint density at radius 2 is 1.66 bits per heavy atom. The Bertz CT molecular complexity index is 1090. The summed E-state index contributed by atoms with van der Waals surface area (Å²) in [4.78, 5) is 43.6. The van der Waals surface area contributed by atoms with Gasteiger partial charge in [0.25, 0.3) is 11.8 Å². The van der Waals surface area contributed by atoms with Gasteiger partial charge in [-0.15, -0.1) is 0 Å². The molecular formula is C22H25F4N5O3S. The third kappa shape index (κ3) is 6.75. The van der Waals surface area contributed by atoms with Gasteiger partial charge in [-0.3, -0.25) is 24.6 Å². The Morgan fingerprint density at radius 1 is 1.06 bits per heavy atom. The van der Waals surface area contributed by atoms with E-state index in [9.17, 15) is 31.9 Å². The fourth-order valence-electron chi connectivity index (χ4n) is 3.43. The van der Waals surface area contributed by atoms with Crippen molar-refractivity contribution in [3.63, 3.8) is 0 Å². The topological polar surface area (TPSA) is 94.6 Å². The number of hydrogen-bond acceptors (Lipinski definition) is 6. The van der Waals surface area contributed by atoms with Crippen molar-refractivity contribution in [3.8, 4) is 0 Å². The molecule has 3 amide bonds. The molecule has 1 aromatic heterocycles. The number of amides is 3. The maximum Gasteiger partial charge on any atom is 0.434 e. The summed E-state index contributed by atoms with van der Waals surface area (Å²) in [7, 11) is 0. The summed E-state index contributed by atoms with van der Waals surface area (Å²) in [6, 6.07) is 4.69. The maximum absolute atomic E-state index is 13.6. The summed E-state index contributed by atoms with van der Waals surface area (Å²) in [6.07, 6.45) is -4.72. The van der Waals surface area contributed by atoms with Crippen LogP contribution in [0.5, 0.6) is 0 Å². The molecule has 0 bridgehead atoms. The van der Waals surface area contributed by atoms with Crippen molar-refractivity contribution in [2.45, 2.75) is 39.0 Å². The Hall–Kier alpha value is -3.06. The molecule has 190 valence electrons. The molecule has 2 aromatic rings. The number of anilines is 1. The first-order valence-electron chi connectivity index (χ1n) is 10.7. The highest BCUT2D eigenvalue weighted by molar-refractivity contribution is 7.15. The quantitative estimate of drug-likeness (QED) is 0.577. The monoisotopic (exact) mass is 515 g/mol. The van der Waals surface area contributed by atoms with E-state index in [0.717, 1.165) is 12.1 Å². The third-order valence-corrected chi connectivity index (χ3v) is 6.43. The SMILES string of the molecule is CC(=O)N1CCN(Cc2sc(NC(=O)C(C)(C)NC(=O)c3ccc(F)cc3)nc2C(F)(F)F)CC1. The van der Waals surface area contributed by atoms with Crippen LogP contribution in [0.3, 0.4) is 0 Å². The van der Waals surface area contributed by atoms with E-state index in [2.05, 4.69) is 15.6 Å². The summed E-state index contributed by atoms with van der Waals surface area (Å²) in [5, 5.41) is 4.60. The van der Waals surface area contributed by atoms with Gasteiger partial charge in [0, 0.05) is 45.2 Å². The molecule has 2 N–H and O–H groups in total. The van der Waals surface area contributed by atoms with Crippen LogP contribution in [-0.2, 0) is 22.3 Å². The van der Waals surface area contributed by atoms with Crippen LogP contribution in [0, 0.1) is 5.82 Å². The smallest absolute Gasteiger partial charge is 0.340 e. The zero-order valence-corrected chi connectivity index (χ0v) is 20.1. The first-order chi connectivity index (χ1) is 16.3. The van der Waals surface area contributed by atoms with Gasteiger partial charge < -0.3 is 10.2 Å². The highest BCUT2D eigenvalue weighted by Gasteiger charge is 2.39. The third-order valence-electron chi connectivity index (χ3n) is 5.47. The lowest BCUT2D eigenvalue weighted by molar-refractivity contribution is -0.141. The molecular weight excluding hydrogens is 490 g/mol. The molecule has 35 heavy (non-hydrogen) atoms. The molecule has 1 fully saturated rings. The second kappa shape index (κ2) is 10.3. The lowest BCUT2D eigenvalue weighted by Gasteiger charge is -2.34. The predicted octanol–water partition coefficient (Wildman–Crippen LogP) is 3.11. The van der Waals surface area contributed by atoms with E-state index in [1.54, 1.807) is 9.80 Å². The van der Waals surface area contributed by atoms with E-state index in [1.807, 2.05) is 0 Å². The number of rotatable bonds is 6. The van der Waals surface area contributed by atoms with Gasteiger partial charge in [0.05, 0.1) is 4.88 Å². The number of carbonyl (C=O) groups excluding carboxylic acids is 3. The summed E-state index contributed by atoms with van der Waals surface area (Å²) in [5.74, 6) is -2.03. The van der Waals surface area contributed by atoms with Crippen LogP contribution in [0.1, 0.15) is 41.7 Å². The largest absolute Gasteiger partial charge is 0.434 e. The average molecular weight is 516 g/mol. The lowest BCUT2D eigenvalue weighted by atomic mass is 10.0. The first kappa shape index (κ1) is 26.5. The highest BCUT2D eigenvalue weighted by atomic mass is 32.1. The number of thiazole rings is 1. The summed E-state index contributed by atoms with van der Waals surface area (Å²) >= 11 is 0.709. The molecule has 1 aliphatic heterocycles. The van der Waals surface area contributed by atoms with Gasteiger partial charge in [-0.2, -0.15) is 13.2 Å². The zero-order valence-electron chi connectivity index (χ0n) is 19.3. The van der Waals surface area contributed by atoms with Crippen molar-refractivity contribution >= 4 is 34.2 Å². The van der Waals surface area contributed by atoms with Crippen molar-refractivity contribution in [2.24, 2.45) is 0 Å². The Kier molecular flexibility index (Phi) is 7.80. The van der Waals surface area contributed by atoms with Crippen molar-refractivity contribution in [1.82, 2.24) is 20.1 Å². The molecule has 3 rings (SSSR count). The Balaban J connectivity index is 1.70. The van der Waals surface area contributed by atoms with E-state index in [1.165, 1.54) is 32.9 Å². The average Bonchev–Trinajstić information content (AvgIpc) is 3.17. The molecule has 1 aliphatic rings. The molecule has 2 heterocycles. The van der Waals surface area contributed by atoms with E-state index in [4.69, 9.17) is 0 Å². The molecule has 13 heteroatoms. The first-order valence-corrected chi connectivity index (χ1v) is 11.5. The van der Waals surface area contributed by atoms with Gasteiger partial charge in [0.15, 0.2) is 10.8 Å². The van der Waals surface area contributed by atoms with Gasteiger partial charge in [0.1, 0.15) is 11.4 Å². The molecule has 0 aliphatic carbocycles. The fraction of sp³-hybridized carbons (Fsp3) is 0.455. The van der Waals surface area contributed by atoms with Crippen molar-refractivity contribution in [2.75, 3.05) is 31.5 Å². The number of piperazine rings is 1. The Labute approximate surface area is 203 Å². The van der Waals surface area contributed by atoms with Gasteiger partial charge >= 0.3 is 6.18 Å². The van der Waals surface area contributed by atoms with Crippen molar-refractivity contribution < 1.29 is 31.9 Å². The summed E-state index contributed by atoms with van der Waals surface area (Å²) in [6.45, 7) is 5.85. The van der Waals surface area contributed by atoms with Gasteiger partial charge in [-0.05, 0) is 38.1 Å². The van der Waals surface area contributed by atoms with Crippen LogP contribution in [0.2, 0.25) is 0 Å². The molecule has 1 saturated heterocycles. The van der Waals surface area contributed by atoms with Crippen LogP contribution in [0.4, 0.5) is 22.7 Å².